The summed E-state index contributed by atoms with van der Waals surface area (Å²) in [6.45, 7) is 1.82. The van der Waals surface area contributed by atoms with Crippen LogP contribution in [0.2, 0.25) is 0 Å². The van der Waals surface area contributed by atoms with Crippen molar-refractivity contribution >= 4 is 21.6 Å². The van der Waals surface area contributed by atoms with Crippen molar-refractivity contribution < 1.29 is 13.2 Å². The minimum absolute atomic E-state index is 0.138. The standard InChI is InChI=1S/C14H21N3O3S/c1-9-2-7-12(8-13(9)15)21(19,20)17-11-5-3-10(4-6-11)14(16)18/h2,7-8,10-11,17H,3-6,15H2,1H3,(H2,16,18). The molecule has 0 aromatic heterocycles. The third-order valence-corrected chi connectivity index (χ3v) is 5.53. The number of nitrogens with two attached hydrogens (primary N) is 2. The number of amides is 1. The third-order valence-electron chi connectivity index (χ3n) is 4.01. The number of aryl methyl sites for hydroxylation is 1. The average Bonchev–Trinajstić information content (AvgIpc) is 2.42. The predicted octanol–water partition coefficient (Wildman–Crippen LogP) is 0.900. The van der Waals surface area contributed by atoms with Gasteiger partial charge in [0, 0.05) is 17.6 Å². The summed E-state index contributed by atoms with van der Waals surface area (Å²) < 4.78 is 27.3. The van der Waals surface area contributed by atoms with Gasteiger partial charge in [-0.3, -0.25) is 4.79 Å². The van der Waals surface area contributed by atoms with E-state index in [1.165, 1.54) is 6.07 Å². The molecule has 1 aromatic carbocycles. The topological polar surface area (TPSA) is 115 Å². The highest BCUT2D eigenvalue weighted by Gasteiger charge is 2.28. The maximum absolute atomic E-state index is 12.3. The van der Waals surface area contributed by atoms with Crippen molar-refractivity contribution in [3.8, 4) is 0 Å². The minimum Gasteiger partial charge on any atom is -0.398 e. The van der Waals surface area contributed by atoms with Gasteiger partial charge in [0.05, 0.1) is 4.90 Å². The normalized spacial score (nSPS) is 22.9. The maximum atomic E-state index is 12.3. The summed E-state index contributed by atoms with van der Waals surface area (Å²) >= 11 is 0. The molecule has 2 rings (SSSR count). The summed E-state index contributed by atoms with van der Waals surface area (Å²) in [5, 5.41) is 0. The first kappa shape index (κ1) is 15.8. The molecule has 1 aromatic rings. The number of anilines is 1. The number of sulfonamides is 1. The van der Waals surface area contributed by atoms with Crippen molar-refractivity contribution in [1.29, 1.82) is 0 Å². The number of hydrogen-bond donors (Lipinski definition) is 3. The Morgan fingerprint density at radius 3 is 2.38 bits per heavy atom. The lowest BCUT2D eigenvalue weighted by Gasteiger charge is -2.27. The molecule has 1 amide bonds. The number of rotatable bonds is 4. The summed E-state index contributed by atoms with van der Waals surface area (Å²) in [4.78, 5) is 11.3. The quantitative estimate of drug-likeness (QED) is 0.716. The Hall–Kier alpha value is -1.60. The van der Waals surface area contributed by atoms with Crippen LogP contribution in [0.4, 0.5) is 5.69 Å². The van der Waals surface area contributed by atoms with E-state index in [2.05, 4.69) is 4.72 Å². The van der Waals surface area contributed by atoms with Gasteiger partial charge in [-0.2, -0.15) is 0 Å². The fourth-order valence-electron chi connectivity index (χ4n) is 2.57. The smallest absolute Gasteiger partial charge is 0.240 e. The second-order valence-corrected chi connectivity index (χ2v) is 7.30. The van der Waals surface area contributed by atoms with Crippen molar-refractivity contribution in [2.75, 3.05) is 5.73 Å². The first-order valence-electron chi connectivity index (χ1n) is 6.97. The van der Waals surface area contributed by atoms with Crippen LogP contribution in [0.25, 0.3) is 0 Å². The largest absolute Gasteiger partial charge is 0.398 e. The molecule has 21 heavy (non-hydrogen) atoms. The van der Waals surface area contributed by atoms with E-state index in [0.29, 0.717) is 31.4 Å². The summed E-state index contributed by atoms with van der Waals surface area (Å²) in [6.07, 6.45) is 2.49. The zero-order chi connectivity index (χ0) is 15.6. The molecule has 1 aliphatic carbocycles. The van der Waals surface area contributed by atoms with Gasteiger partial charge in [-0.05, 0) is 50.3 Å². The van der Waals surface area contributed by atoms with E-state index < -0.39 is 10.0 Å². The number of nitrogens with one attached hydrogen (secondary N) is 1. The maximum Gasteiger partial charge on any atom is 0.240 e. The Kier molecular flexibility index (Phi) is 4.53. The molecule has 1 aliphatic rings. The van der Waals surface area contributed by atoms with Crippen molar-refractivity contribution in [2.45, 2.75) is 43.5 Å². The number of nitrogen functional groups attached to an aromatic ring is 1. The average molecular weight is 311 g/mol. The van der Waals surface area contributed by atoms with Gasteiger partial charge in [-0.25, -0.2) is 13.1 Å². The molecule has 5 N–H and O–H groups in total. The van der Waals surface area contributed by atoms with Crippen LogP contribution in [0.3, 0.4) is 0 Å². The number of hydrogen-bond acceptors (Lipinski definition) is 4. The third kappa shape index (κ3) is 3.74. The fraction of sp³-hybridized carbons (Fsp3) is 0.500. The van der Waals surface area contributed by atoms with Crippen molar-refractivity contribution in [3.05, 3.63) is 23.8 Å². The van der Waals surface area contributed by atoms with E-state index in [-0.39, 0.29) is 22.8 Å². The summed E-state index contributed by atoms with van der Waals surface area (Å²) in [6, 6.07) is 4.54. The zero-order valence-electron chi connectivity index (χ0n) is 12.0. The number of primary amides is 1. The molecule has 0 unspecified atom stereocenters. The molecule has 0 aliphatic heterocycles. The first-order valence-corrected chi connectivity index (χ1v) is 8.45. The van der Waals surface area contributed by atoms with Gasteiger partial charge in [-0.15, -0.1) is 0 Å². The van der Waals surface area contributed by atoms with Crippen LogP contribution in [0.5, 0.6) is 0 Å². The Morgan fingerprint density at radius 2 is 1.86 bits per heavy atom. The van der Waals surface area contributed by atoms with Crippen molar-refractivity contribution in [3.63, 3.8) is 0 Å². The molecule has 0 bridgehead atoms. The summed E-state index contributed by atoms with van der Waals surface area (Å²) in [7, 11) is -3.58. The molecular formula is C14H21N3O3S. The van der Waals surface area contributed by atoms with Crippen LogP contribution in [0.15, 0.2) is 23.1 Å². The molecule has 0 radical (unpaired) electrons. The number of benzene rings is 1. The molecule has 1 saturated carbocycles. The Labute approximate surface area is 124 Å². The van der Waals surface area contributed by atoms with Crippen LogP contribution < -0.4 is 16.2 Å². The van der Waals surface area contributed by atoms with Crippen LogP contribution >= 0.6 is 0 Å². The van der Waals surface area contributed by atoms with Crippen molar-refractivity contribution in [2.24, 2.45) is 11.7 Å². The SMILES string of the molecule is Cc1ccc(S(=O)(=O)NC2CCC(C(N)=O)CC2)cc1N. The first-order chi connectivity index (χ1) is 9.79. The number of carbonyl (C=O) groups is 1. The van der Waals surface area contributed by atoms with Gasteiger partial charge < -0.3 is 11.5 Å². The fourth-order valence-corrected chi connectivity index (χ4v) is 3.91. The van der Waals surface area contributed by atoms with Crippen LogP contribution in [-0.2, 0) is 14.8 Å². The highest BCUT2D eigenvalue weighted by molar-refractivity contribution is 7.89. The highest BCUT2D eigenvalue weighted by Crippen LogP contribution is 2.25. The minimum atomic E-state index is -3.58. The molecular weight excluding hydrogens is 290 g/mol. The van der Waals surface area contributed by atoms with E-state index in [0.717, 1.165) is 5.56 Å². The summed E-state index contributed by atoms with van der Waals surface area (Å²) in [5.41, 5.74) is 12.3. The molecule has 6 nitrogen and oxygen atoms in total. The van der Waals surface area contributed by atoms with Crippen LogP contribution in [-0.4, -0.2) is 20.4 Å². The second-order valence-electron chi connectivity index (χ2n) is 5.59. The van der Waals surface area contributed by atoms with E-state index >= 15 is 0 Å². The van der Waals surface area contributed by atoms with E-state index in [4.69, 9.17) is 11.5 Å². The summed E-state index contributed by atoms with van der Waals surface area (Å²) in [5.74, 6) is -0.441. The number of carbonyl (C=O) groups excluding carboxylic acids is 1. The Balaban J connectivity index is 2.05. The lowest BCUT2D eigenvalue weighted by Crippen LogP contribution is -2.39. The van der Waals surface area contributed by atoms with Crippen molar-refractivity contribution in [1.82, 2.24) is 4.72 Å². The van der Waals surface area contributed by atoms with Gasteiger partial charge in [-0.1, -0.05) is 6.07 Å². The van der Waals surface area contributed by atoms with Gasteiger partial charge in [0.1, 0.15) is 0 Å². The lowest BCUT2D eigenvalue weighted by atomic mass is 9.86. The van der Waals surface area contributed by atoms with Gasteiger partial charge in [0.25, 0.3) is 0 Å². The van der Waals surface area contributed by atoms with Crippen LogP contribution in [0.1, 0.15) is 31.2 Å². The highest BCUT2D eigenvalue weighted by atomic mass is 32.2. The van der Waals surface area contributed by atoms with E-state index in [1.807, 2.05) is 6.92 Å². The molecule has 116 valence electrons. The molecule has 0 heterocycles. The predicted molar refractivity (Wildman–Crippen MR) is 80.9 cm³/mol. The lowest BCUT2D eigenvalue weighted by molar-refractivity contribution is -0.122. The molecule has 7 heteroatoms. The Morgan fingerprint density at radius 1 is 1.24 bits per heavy atom. The van der Waals surface area contributed by atoms with Crippen LogP contribution in [0, 0.1) is 12.8 Å². The van der Waals surface area contributed by atoms with E-state index in [1.54, 1.807) is 12.1 Å². The molecule has 0 saturated heterocycles. The molecule has 0 atom stereocenters. The van der Waals surface area contributed by atoms with Gasteiger partial charge >= 0.3 is 0 Å². The Bertz CT molecular complexity index is 635. The monoisotopic (exact) mass is 311 g/mol. The van der Waals surface area contributed by atoms with Gasteiger partial charge in [0.2, 0.25) is 15.9 Å². The second kappa shape index (κ2) is 6.03. The van der Waals surface area contributed by atoms with E-state index in [9.17, 15) is 13.2 Å². The molecule has 1 fully saturated rings. The van der Waals surface area contributed by atoms with Gasteiger partial charge in [0.15, 0.2) is 0 Å². The zero-order valence-corrected chi connectivity index (χ0v) is 12.8. The molecule has 0 spiro atoms.